The van der Waals surface area contributed by atoms with Crippen LogP contribution in [0.2, 0.25) is 0 Å². The van der Waals surface area contributed by atoms with Crippen LogP contribution in [0.4, 0.5) is 8.78 Å². The maximum atomic E-state index is 14.3. The minimum Gasteiger partial charge on any atom is -0.344 e. The summed E-state index contributed by atoms with van der Waals surface area (Å²) < 4.78 is 30.1. The second-order valence-corrected chi connectivity index (χ2v) is 5.23. The fourth-order valence-electron chi connectivity index (χ4n) is 2.06. The predicted molar refractivity (Wildman–Crippen MR) is 76.7 cm³/mol. The standard InChI is InChI=1S/C16H20F2N2/c1-13(2)19-11-15-9-6-10-20(15)12-16(17,18)14-7-4-3-5-8-14/h3-10,13,19H,11-12H2,1-2H3. The molecule has 0 spiro atoms. The highest BCUT2D eigenvalue weighted by Crippen LogP contribution is 2.30. The number of nitrogens with zero attached hydrogens (tertiary/aromatic N) is 1. The highest BCUT2D eigenvalue weighted by Gasteiger charge is 2.32. The zero-order valence-corrected chi connectivity index (χ0v) is 11.8. The van der Waals surface area contributed by atoms with E-state index in [1.165, 1.54) is 12.1 Å². The number of halogens is 2. The predicted octanol–water partition coefficient (Wildman–Crippen LogP) is 3.78. The van der Waals surface area contributed by atoms with Crippen LogP contribution in [0.25, 0.3) is 0 Å². The summed E-state index contributed by atoms with van der Waals surface area (Å²) in [4.78, 5) is 0. The molecular formula is C16H20F2N2. The quantitative estimate of drug-likeness (QED) is 0.851. The molecule has 0 fully saturated rings. The summed E-state index contributed by atoms with van der Waals surface area (Å²) in [5.74, 6) is -2.87. The van der Waals surface area contributed by atoms with Crippen molar-refractivity contribution in [2.24, 2.45) is 0 Å². The van der Waals surface area contributed by atoms with Crippen molar-refractivity contribution < 1.29 is 8.78 Å². The largest absolute Gasteiger partial charge is 0.344 e. The van der Waals surface area contributed by atoms with Gasteiger partial charge < -0.3 is 9.88 Å². The van der Waals surface area contributed by atoms with Gasteiger partial charge in [0, 0.05) is 30.0 Å². The number of alkyl halides is 2. The molecular weight excluding hydrogens is 258 g/mol. The third-order valence-electron chi connectivity index (χ3n) is 3.18. The Hall–Kier alpha value is -1.68. The molecule has 2 aromatic rings. The molecule has 4 heteroatoms. The van der Waals surface area contributed by atoms with Gasteiger partial charge in [-0.15, -0.1) is 0 Å². The monoisotopic (exact) mass is 278 g/mol. The summed E-state index contributed by atoms with van der Waals surface area (Å²) >= 11 is 0. The van der Waals surface area contributed by atoms with Crippen LogP contribution in [-0.2, 0) is 19.0 Å². The smallest absolute Gasteiger partial charge is 0.290 e. The number of nitrogens with one attached hydrogen (secondary N) is 1. The van der Waals surface area contributed by atoms with Crippen LogP contribution in [0.5, 0.6) is 0 Å². The minimum absolute atomic E-state index is 0.0523. The molecule has 0 aliphatic carbocycles. The van der Waals surface area contributed by atoms with Gasteiger partial charge >= 0.3 is 0 Å². The van der Waals surface area contributed by atoms with Crippen molar-refractivity contribution in [1.29, 1.82) is 0 Å². The van der Waals surface area contributed by atoms with E-state index in [4.69, 9.17) is 0 Å². The normalized spacial score (nSPS) is 12.1. The van der Waals surface area contributed by atoms with Crippen molar-refractivity contribution in [3.05, 3.63) is 59.9 Å². The zero-order valence-electron chi connectivity index (χ0n) is 11.8. The highest BCUT2D eigenvalue weighted by atomic mass is 19.3. The zero-order chi connectivity index (χ0) is 14.6. The summed E-state index contributed by atoms with van der Waals surface area (Å²) in [6, 6.07) is 12.0. The Balaban J connectivity index is 2.12. The van der Waals surface area contributed by atoms with E-state index in [0.29, 0.717) is 12.6 Å². The third-order valence-corrected chi connectivity index (χ3v) is 3.18. The van der Waals surface area contributed by atoms with E-state index in [0.717, 1.165) is 5.69 Å². The number of hydrogen-bond donors (Lipinski definition) is 1. The van der Waals surface area contributed by atoms with Gasteiger partial charge in [0.1, 0.15) is 0 Å². The maximum absolute atomic E-state index is 14.3. The molecule has 20 heavy (non-hydrogen) atoms. The van der Waals surface area contributed by atoms with Crippen LogP contribution >= 0.6 is 0 Å². The molecule has 1 heterocycles. The first-order valence-corrected chi connectivity index (χ1v) is 6.80. The molecule has 1 N–H and O–H groups in total. The van der Waals surface area contributed by atoms with E-state index < -0.39 is 5.92 Å². The lowest BCUT2D eigenvalue weighted by atomic mass is 10.1. The molecule has 0 bridgehead atoms. The molecule has 0 aliphatic rings. The molecule has 0 saturated heterocycles. The molecule has 0 aliphatic heterocycles. The fraction of sp³-hybridized carbons (Fsp3) is 0.375. The highest BCUT2D eigenvalue weighted by molar-refractivity contribution is 5.20. The van der Waals surface area contributed by atoms with Crippen LogP contribution < -0.4 is 5.32 Å². The van der Waals surface area contributed by atoms with Crippen molar-refractivity contribution in [3.63, 3.8) is 0 Å². The number of benzene rings is 1. The van der Waals surface area contributed by atoms with Crippen molar-refractivity contribution in [2.75, 3.05) is 0 Å². The Labute approximate surface area is 118 Å². The van der Waals surface area contributed by atoms with Crippen molar-refractivity contribution in [3.8, 4) is 0 Å². The van der Waals surface area contributed by atoms with Gasteiger partial charge in [-0.1, -0.05) is 44.2 Å². The third kappa shape index (κ3) is 3.67. The van der Waals surface area contributed by atoms with Gasteiger partial charge in [0.2, 0.25) is 0 Å². The van der Waals surface area contributed by atoms with Crippen LogP contribution in [0.1, 0.15) is 25.1 Å². The van der Waals surface area contributed by atoms with Gasteiger partial charge in [-0.3, -0.25) is 0 Å². The molecule has 108 valence electrons. The summed E-state index contributed by atoms with van der Waals surface area (Å²) in [6.45, 7) is 4.33. The summed E-state index contributed by atoms with van der Waals surface area (Å²) in [5.41, 5.74) is 0.922. The van der Waals surface area contributed by atoms with Crippen LogP contribution in [0, 0.1) is 0 Å². The second-order valence-electron chi connectivity index (χ2n) is 5.23. The molecule has 1 aromatic carbocycles. The maximum Gasteiger partial charge on any atom is 0.290 e. The van der Waals surface area contributed by atoms with Gasteiger partial charge in [-0.2, -0.15) is 8.78 Å². The Bertz CT molecular complexity index is 532. The molecule has 0 atom stereocenters. The van der Waals surface area contributed by atoms with Gasteiger partial charge in [-0.05, 0) is 12.1 Å². The topological polar surface area (TPSA) is 17.0 Å². The number of hydrogen-bond acceptors (Lipinski definition) is 1. The Morgan fingerprint density at radius 3 is 2.45 bits per heavy atom. The summed E-state index contributed by atoms with van der Waals surface area (Å²) in [6.07, 6.45) is 1.70. The first-order valence-electron chi connectivity index (χ1n) is 6.80. The molecule has 1 aromatic heterocycles. The van der Waals surface area contributed by atoms with Crippen molar-refractivity contribution >= 4 is 0 Å². The van der Waals surface area contributed by atoms with Crippen molar-refractivity contribution in [2.45, 2.75) is 38.9 Å². The van der Waals surface area contributed by atoms with E-state index in [2.05, 4.69) is 5.32 Å². The van der Waals surface area contributed by atoms with E-state index in [9.17, 15) is 8.78 Å². The molecule has 2 rings (SSSR count). The fourth-order valence-corrected chi connectivity index (χ4v) is 2.06. The van der Waals surface area contributed by atoms with Crippen molar-refractivity contribution in [1.82, 2.24) is 9.88 Å². The van der Waals surface area contributed by atoms with E-state index in [1.807, 2.05) is 19.9 Å². The SMILES string of the molecule is CC(C)NCc1cccn1CC(F)(F)c1ccccc1. The average Bonchev–Trinajstić information content (AvgIpc) is 2.84. The minimum atomic E-state index is -2.87. The number of aromatic nitrogens is 1. The van der Waals surface area contributed by atoms with E-state index in [1.54, 1.807) is 35.0 Å². The van der Waals surface area contributed by atoms with Crippen LogP contribution in [0.3, 0.4) is 0 Å². The lowest BCUT2D eigenvalue weighted by molar-refractivity contribution is -0.0228. The molecule has 0 unspecified atom stereocenters. The molecule has 0 radical (unpaired) electrons. The summed E-state index contributed by atoms with van der Waals surface area (Å²) in [7, 11) is 0. The van der Waals surface area contributed by atoms with Gasteiger partial charge in [0.05, 0.1) is 6.54 Å². The molecule has 0 amide bonds. The van der Waals surface area contributed by atoms with Crippen LogP contribution in [-0.4, -0.2) is 10.6 Å². The van der Waals surface area contributed by atoms with E-state index >= 15 is 0 Å². The molecule has 0 saturated carbocycles. The summed E-state index contributed by atoms with van der Waals surface area (Å²) in [5, 5.41) is 3.25. The van der Waals surface area contributed by atoms with Gasteiger partial charge in [0.15, 0.2) is 0 Å². The first-order chi connectivity index (χ1) is 9.49. The van der Waals surface area contributed by atoms with E-state index in [-0.39, 0.29) is 12.1 Å². The Morgan fingerprint density at radius 2 is 1.80 bits per heavy atom. The van der Waals surface area contributed by atoms with Gasteiger partial charge in [0.25, 0.3) is 5.92 Å². The second kappa shape index (κ2) is 6.18. The first kappa shape index (κ1) is 14.7. The Morgan fingerprint density at radius 1 is 1.10 bits per heavy atom. The lowest BCUT2D eigenvalue weighted by Gasteiger charge is -2.20. The number of rotatable bonds is 6. The molecule has 2 nitrogen and oxygen atoms in total. The average molecular weight is 278 g/mol. The Kier molecular flexibility index (Phi) is 4.55. The lowest BCUT2D eigenvalue weighted by Crippen LogP contribution is -2.26. The van der Waals surface area contributed by atoms with Gasteiger partial charge in [-0.25, -0.2) is 0 Å². The van der Waals surface area contributed by atoms with Crippen LogP contribution in [0.15, 0.2) is 48.7 Å².